The van der Waals surface area contributed by atoms with Gasteiger partial charge in [0.1, 0.15) is 11.5 Å². The van der Waals surface area contributed by atoms with Crippen molar-refractivity contribution in [3.63, 3.8) is 0 Å². The van der Waals surface area contributed by atoms with Gasteiger partial charge in [-0.25, -0.2) is 9.37 Å². The number of nitrogens with zero attached hydrogens (tertiary/aromatic N) is 6. The molecule has 2 aliphatic heterocycles. The molecule has 7 nitrogen and oxygen atoms in total. The highest BCUT2D eigenvalue weighted by atomic mass is 19.4. The molecule has 32 heavy (non-hydrogen) atoms. The van der Waals surface area contributed by atoms with E-state index in [2.05, 4.69) is 15.2 Å². The van der Waals surface area contributed by atoms with E-state index in [0.29, 0.717) is 26.1 Å². The van der Waals surface area contributed by atoms with Gasteiger partial charge in [-0.2, -0.15) is 23.4 Å². The first-order valence-corrected chi connectivity index (χ1v) is 10.1. The minimum absolute atomic E-state index is 0.0327. The zero-order valence-corrected chi connectivity index (χ0v) is 16.7. The Morgan fingerprint density at radius 3 is 2.59 bits per heavy atom. The van der Waals surface area contributed by atoms with Crippen LogP contribution in [0.25, 0.3) is 5.69 Å². The molecule has 5 rings (SSSR count). The van der Waals surface area contributed by atoms with Crippen LogP contribution in [-0.4, -0.2) is 56.5 Å². The molecule has 0 spiro atoms. The van der Waals surface area contributed by atoms with Crippen LogP contribution in [0, 0.1) is 11.7 Å². The lowest BCUT2D eigenvalue weighted by Crippen LogP contribution is -2.65. The van der Waals surface area contributed by atoms with Gasteiger partial charge in [-0.05, 0) is 30.7 Å². The van der Waals surface area contributed by atoms with Crippen LogP contribution in [0.15, 0.2) is 48.9 Å². The largest absolute Gasteiger partial charge is 0.416 e. The molecule has 2 unspecified atom stereocenters. The van der Waals surface area contributed by atoms with Gasteiger partial charge in [0, 0.05) is 31.7 Å². The van der Waals surface area contributed by atoms with Crippen molar-refractivity contribution in [3.05, 3.63) is 65.9 Å². The zero-order chi connectivity index (χ0) is 22.5. The van der Waals surface area contributed by atoms with E-state index in [4.69, 9.17) is 0 Å². The molecule has 0 aliphatic carbocycles. The third kappa shape index (κ3) is 3.47. The lowest BCUT2D eigenvalue weighted by Gasteiger charge is -2.54. The quantitative estimate of drug-likeness (QED) is 0.579. The second kappa shape index (κ2) is 7.57. The highest BCUT2D eigenvalue weighted by Gasteiger charge is 2.45. The first-order valence-electron chi connectivity index (χ1n) is 10.1. The van der Waals surface area contributed by atoms with Gasteiger partial charge in [0.25, 0.3) is 5.91 Å². The maximum atomic E-state index is 14.5. The molecular formula is C21H18F4N6O. The summed E-state index contributed by atoms with van der Waals surface area (Å²) < 4.78 is 53.8. The van der Waals surface area contributed by atoms with Crippen molar-refractivity contribution in [2.45, 2.75) is 18.6 Å². The maximum Gasteiger partial charge on any atom is 0.416 e. The summed E-state index contributed by atoms with van der Waals surface area (Å²) in [7, 11) is 0. The van der Waals surface area contributed by atoms with Gasteiger partial charge in [-0.1, -0.05) is 6.07 Å². The van der Waals surface area contributed by atoms with Crippen molar-refractivity contribution in [2.24, 2.45) is 5.92 Å². The van der Waals surface area contributed by atoms with Crippen LogP contribution in [0.4, 0.5) is 23.4 Å². The Hall–Kier alpha value is -3.50. The highest BCUT2D eigenvalue weighted by molar-refractivity contribution is 5.98. The Balaban J connectivity index is 1.38. The molecule has 2 aliphatic rings. The summed E-state index contributed by atoms with van der Waals surface area (Å²) in [5.74, 6) is -0.503. The van der Waals surface area contributed by atoms with E-state index in [0.717, 1.165) is 23.1 Å². The lowest BCUT2D eigenvalue weighted by molar-refractivity contribution is -0.137. The van der Waals surface area contributed by atoms with E-state index in [1.54, 1.807) is 9.80 Å². The molecule has 0 radical (unpaired) electrons. The van der Waals surface area contributed by atoms with Crippen molar-refractivity contribution >= 4 is 11.7 Å². The second-order valence-electron chi connectivity index (χ2n) is 7.87. The Morgan fingerprint density at radius 2 is 1.84 bits per heavy atom. The fourth-order valence-corrected chi connectivity index (χ4v) is 4.39. The number of alkyl halides is 3. The molecule has 166 valence electrons. The summed E-state index contributed by atoms with van der Waals surface area (Å²) in [6.45, 7) is 1.37. The number of pyridine rings is 1. The molecule has 11 heteroatoms. The first kappa shape index (κ1) is 20.4. The number of hydrogen-bond donors (Lipinski definition) is 0. The molecule has 3 aromatic rings. The molecule has 0 N–H and O–H groups in total. The molecule has 1 amide bonds. The standard InChI is InChI=1S/C21H18F4N6O/c22-16-3-1-2-15(19(16)31-27-7-8-28-31)20(32)29-9-5-13-11-30(17(13)12-29)18-10-14(4-6-26-18)21(23,24)25/h1-4,6-8,10,13,17H,5,9,11-12H2. The van der Waals surface area contributed by atoms with Crippen molar-refractivity contribution in [3.8, 4) is 5.69 Å². The van der Waals surface area contributed by atoms with Crippen molar-refractivity contribution in [1.29, 1.82) is 0 Å². The summed E-state index contributed by atoms with van der Waals surface area (Å²) in [6, 6.07) is 6.02. The molecule has 0 saturated carbocycles. The number of para-hydroxylation sites is 1. The van der Waals surface area contributed by atoms with Gasteiger partial charge >= 0.3 is 6.18 Å². The smallest absolute Gasteiger partial charge is 0.351 e. The number of carbonyl (C=O) groups excluding carboxylic acids is 1. The molecule has 0 bridgehead atoms. The SMILES string of the molecule is O=C(c1cccc(F)c1-n1nccn1)N1CCC2CN(c3cc(C(F)(F)F)ccn3)C2C1. The molecule has 1 aromatic carbocycles. The molecule has 2 saturated heterocycles. The first-order chi connectivity index (χ1) is 15.3. The maximum absolute atomic E-state index is 14.5. The lowest BCUT2D eigenvalue weighted by atomic mass is 9.82. The van der Waals surface area contributed by atoms with Crippen LogP contribution < -0.4 is 4.90 Å². The van der Waals surface area contributed by atoms with E-state index in [1.165, 1.54) is 30.6 Å². The highest BCUT2D eigenvalue weighted by Crippen LogP contribution is 2.38. The Kier molecular flexibility index (Phi) is 4.83. The van der Waals surface area contributed by atoms with Crippen molar-refractivity contribution in [1.82, 2.24) is 24.9 Å². The van der Waals surface area contributed by atoms with Gasteiger partial charge < -0.3 is 9.80 Å². The van der Waals surface area contributed by atoms with Gasteiger partial charge in [0.15, 0.2) is 5.82 Å². The Bertz CT molecular complexity index is 1150. The van der Waals surface area contributed by atoms with E-state index in [1.807, 2.05) is 0 Å². The Labute approximate surface area is 180 Å². The van der Waals surface area contributed by atoms with Gasteiger partial charge in [-0.15, -0.1) is 4.80 Å². The average Bonchev–Trinajstić information content (AvgIpc) is 3.28. The molecule has 2 fully saturated rings. The average molecular weight is 446 g/mol. The summed E-state index contributed by atoms with van der Waals surface area (Å²) >= 11 is 0. The van der Waals surface area contributed by atoms with Crippen molar-refractivity contribution < 1.29 is 22.4 Å². The second-order valence-corrected chi connectivity index (χ2v) is 7.87. The number of rotatable bonds is 3. The van der Waals surface area contributed by atoms with Crippen LogP contribution in [-0.2, 0) is 6.18 Å². The number of likely N-dealkylation sites (tertiary alicyclic amines) is 1. The van der Waals surface area contributed by atoms with Gasteiger partial charge in [-0.3, -0.25) is 4.79 Å². The minimum Gasteiger partial charge on any atom is -0.351 e. The molecule has 4 heterocycles. The topological polar surface area (TPSA) is 67.2 Å². The van der Waals surface area contributed by atoms with E-state index in [9.17, 15) is 22.4 Å². The summed E-state index contributed by atoms with van der Waals surface area (Å²) in [6.07, 6.45) is 0.176. The fraction of sp³-hybridized carbons (Fsp3) is 0.333. The number of carbonyl (C=O) groups is 1. The summed E-state index contributed by atoms with van der Waals surface area (Å²) in [5, 5.41) is 7.88. The number of piperidine rings is 1. The number of aromatic nitrogens is 4. The summed E-state index contributed by atoms with van der Waals surface area (Å²) in [5.41, 5.74) is -0.664. The molecular weight excluding hydrogens is 428 g/mol. The van der Waals surface area contributed by atoms with Crippen LogP contribution in [0.3, 0.4) is 0 Å². The number of halogens is 4. The number of amides is 1. The minimum atomic E-state index is -4.45. The van der Waals surface area contributed by atoms with Gasteiger partial charge in [0.05, 0.1) is 29.6 Å². The van der Waals surface area contributed by atoms with E-state index in [-0.39, 0.29) is 34.9 Å². The van der Waals surface area contributed by atoms with Crippen LogP contribution in [0.1, 0.15) is 22.3 Å². The molecule has 2 aromatic heterocycles. The van der Waals surface area contributed by atoms with Crippen LogP contribution in [0.5, 0.6) is 0 Å². The summed E-state index contributed by atoms with van der Waals surface area (Å²) in [4.78, 5) is 21.8. The predicted octanol–water partition coefficient (Wildman–Crippen LogP) is 3.17. The van der Waals surface area contributed by atoms with Crippen LogP contribution >= 0.6 is 0 Å². The normalized spacial score (nSPS) is 20.6. The van der Waals surface area contributed by atoms with E-state index >= 15 is 0 Å². The number of fused-ring (bicyclic) bond motifs is 1. The third-order valence-corrected chi connectivity index (χ3v) is 6.04. The molecule has 2 atom stereocenters. The van der Waals surface area contributed by atoms with Crippen molar-refractivity contribution in [2.75, 3.05) is 24.5 Å². The number of hydrogen-bond acceptors (Lipinski definition) is 5. The number of benzene rings is 1. The van der Waals surface area contributed by atoms with E-state index < -0.39 is 17.6 Å². The number of anilines is 1. The van der Waals surface area contributed by atoms with Crippen LogP contribution in [0.2, 0.25) is 0 Å². The monoisotopic (exact) mass is 446 g/mol. The third-order valence-electron chi connectivity index (χ3n) is 6.04. The van der Waals surface area contributed by atoms with Gasteiger partial charge in [0.2, 0.25) is 0 Å². The Morgan fingerprint density at radius 1 is 1.06 bits per heavy atom. The fourth-order valence-electron chi connectivity index (χ4n) is 4.39. The zero-order valence-electron chi connectivity index (χ0n) is 16.7. The predicted molar refractivity (Wildman–Crippen MR) is 106 cm³/mol.